The lowest BCUT2D eigenvalue weighted by molar-refractivity contribution is 0.0599. The third kappa shape index (κ3) is 4.69. The third-order valence-corrected chi connectivity index (χ3v) is 5.95. The molecule has 0 fully saturated rings. The number of pyridine rings is 1. The van der Waals surface area contributed by atoms with Crippen LogP contribution >= 0.6 is 0 Å². The molecule has 1 atom stereocenters. The molecule has 0 unspecified atom stereocenters. The molecule has 0 spiro atoms. The molecule has 0 bridgehead atoms. The highest BCUT2D eigenvalue weighted by Gasteiger charge is 2.18. The summed E-state index contributed by atoms with van der Waals surface area (Å²) in [6.45, 7) is 5.78. The number of aromatic nitrogens is 3. The number of carbonyl (C=O) groups excluding carboxylic acids is 1. The first-order valence-corrected chi connectivity index (χ1v) is 11.0. The average Bonchev–Trinajstić information content (AvgIpc) is 3.25. The number of carbonyl (C=O) groups is 1. The molecule has 174 valence electrons. The van der Waals surface area contributed by atoms with Gasteiger partial charge in [0.15, 0.2) is 0 Å². The van der Waals surface area contributed by atoms with Gasteiger partial charge >= 0.3 is 5.97 Å². The van der Waals surface area contributed by atoms with Gasteiger partial charge < -0.3 is 13.9 Å². The van der Waals surface area contributed by atoms with Crippen molar-refractivity contribution in [1.82, 2.24) is 14.1 Å². The molecule has 6 nitrogen and oxygen atoms in total. The summed E-state index contributed by atoms with van der Waals surface area (Å²) < 4.78 is 21.8. The quantitative estimate of drug-likeness (QED) is 0.390. The zero-order valence-corrected chi connectivity index (χ0v) is 19.6. The highest BCUT2D eigenvalue weighted by Crippen LogP contribution is 2.21. The first kappa shape index (κ1) is 23.2. The van der Waals surface area contributed by atoms with Crippen LogP contribution in [0, 0.1) is 19.7 Å². The molecule has 34 heavy (non-hydrogen) atoms. The van der Waals surface area contributed by atoms with Crippen molar-refractivity contribution in [2.75, 3.05) is 7.11 Å². The molecule has 0 amide bonds. The van der Waals surface area contributed by atoms with Crippen molar-refractivity contribution >= 4 is 5.97 Å². The van der Waals surface area contributed by atoms with E-state index in [1.165, 1.54) is 30.0 Å². The van der Waals surface area contributed by atoms with Crippen LogP contribution in [0.5, 0.6) is 0 Å². The number of nitrogens with zero attached hydrogens (tertiary/aromatic N) is 3. The maximum Gasteiger partial charge on any atom is 0.339 e. The number of aryl methyl sites for hydroxylation is 2. The first-order chi connectivity index (χ1) is 16.3. The van der Waals surface area contributed by atoms with Gasteiger partial charge in [-0.15, -0.1) is 0 Å². The monoisotopic (exact) mass is 459 g/mol. The van der Waals surface area contributed by atoms with Gasteiger partial charge in [-0.1, -0.05) is 24.3 Å². The molecule has 2 aromatic heterocycles. The number of rotatable bonds is 6. The molecule has 7 heteroatoms. The smallest absolute Gasteiger partial charge is 0.339 e. The molecule has 0 saturated carbocycles. The summed E-state index contributed by atoms with van der Waals surface area (Å²) in [5.41, 5.74) is 5.23. The van der Waals surface area contributed by atoms with Crippen molar-refractivity contribution in [2.24, 2.45) is 0 Å². The minimum atomic E-state index is -0.525. The number of benzene rings is 2. The lowest BCUT2D eigenvalue weighted by Crippen LogP contribution is -2.28. The van der Waals surface area contributed by atoms with Crippen LogP contribution in [0.25, 0.3) is 5.69 Å². The predicted molar refractivity (Wildman–Crippen MR) is 128 cm³/mol. The standard InChI is InChI=1S/C27H26FN3O3/c1-17-11-20(5-10-25(17)30-14-18(2)29-16-30)12-22-13-23(27(33)34-4)15-31(26(22)32)19(3)21-6-8-24(28)9-7-21/h5-11,13-16,19H,12H2,1-4H3/t19-/m0/s1. The largest absolute Gasteiger partial charge is 0.465 e. The average molecular weight is 460 g/mol. The summed E-state index contributed by atoms with van der Waals surface area (Å²) >= 11 is 0. The van der Waals surface area contributed by atoms with Gasteiger partial charge in [-0.05, 0) is 61.7 Å². The van der Waals surface area contributed by atoms with E-state index < -0.39 is 12.0 Å². The molecule has 0 aliphatic carbocycles. The minimum absolute atomic E-state index is 0.212. The summed E-state index contributed by atoms with van der Waals surface area (Å²) in [6, 6.07) is 13.2. The van der Waals surface area contributed by atoms with Crippen LogP contribution in [0.15, 0.2) is 72.0 Å². The molecule has 2 aromatic carbocycles. The molecular weight excluding hydrogens is 433 g/mol. The van der Waals surface area contributed by atoms with E-state index in [0.29, 0.717) is 12.0 Å². The van der Waals surface area contributed by atoms with Crippen LogP contribution in [0.3, 0.4) is 0 Å². The third-order valence-electron chi connectivity index (χ3n) is 5.95. The van der Waals surface area contributed by atoms with Gasteiger partial charge in [0.05, 0.1) is 30.7 Å². The number of ether oxygens (including phenoxy) is 1. The fourth-order valence-corrected chi connectivity index (χ4v) is 4.10. The normalized spacial score (nSPS) is 11.9. The van der Waals surface area contributed by atoms with Gasteiger partial charge in [0.2, 0.25) is 0 Å². The maximum atomic E-state index is 13.4. The van der Waals surface area contributed by atoms with Gasteiger partial charge in [-0.3, -0.25) is 4.79 Å². The van der Waals surface area contributed by atoms with Gasteiger partial charge in [0.25, 0.3) is 5.56 Å². The Morgan fingerprint density at radius 2 is 1.82 bits per heavy atom. The molecule has 0 radical (unpaired) electrons. The van der Waals surface area contributed by atoms with Gasteiger partial charge in [-0.2, -0.15) is 0 Å². The maximum absolute atomic E-state index is 13.4. The van der Waals surface area contributed by atoms with Gasteiger partial charge in [0.1, 0.15) is 5.82 Å². The zero-order chi connectivity index (χ0) is 24.4. The predicted octanol–water partition coefficient (Wildman–Crippen LogP) is 4.78. The number of halogens is 1. The number of imidazole rings is 1. The van der Waals surface area contributed by atoms with Crippen LogP contribution in [0.1, 0.15) is 51.3 Å². The highest BCUT2D eigenvalue weighted by atomic mass is 19.1. The van der Waals surface area contributed by atoms with Crippen molar-refractivity contribution in [3.05, 3.63) is 117 Å². The molecule has 0 saturated heterocycles. The molecule has 0 N–H and O–H groups in total. The first-order valence-electron chi connectivity index (χ1n) is 11.0. The lowest BCUT2D eigenvalue weighted by atomic mass is 10.0. The van der Waals surface area contributed by atoms with Crippen LogP contribution in [-0.2, 0) is 11.2 Å². The van der Waals surface area contributed by atoms with E-state index in [0.717, 1.165) is 28.1 Å². The van der Waals surface area contributed by atoms with Gasteiger partial charge in [-0.25, -0.2) is 14.2 Å². The zero-order valence-electron chi connectivity index (χ0n) is 19.6. The fourth-order valence-electron chi connectivity index (χ4n) is 4.10. The molecule has 0 aliphatic heterocycles. The van der Waals surface area contributed by atoms with E-state index in [2.05, 4.69) is 4.98 Å². The second kappa shape index (κ2) is 9.47. The number of hydrogen-bond donors (Lipinski definition) is 0. The SMILES string of the molecule is COC(=O)c1cc(Cc2ccc(-n3cnc(C)c3)c(C)c2)c(=O)n([C@@H](C)c2ccc(F)cc2)c1. The minimum Gasteiger partial charge on any atom is -0.465 e. The van der Waals surface area contributed by atoms with E-state index in [4.69, 9.17) is 4.74 Å². The Labute approximate surface area is 197 Å². The van der Waals surface area contributed by atoms with E-state index in [1.54, 1.807) is 24.5 Å². The summed E-state index contributed by atoms with van der Waals surface area (Å²) in [4.78, 5) is 30.0. The van der Waals surface area contributed by atoms with E-state index in [9.17, 15) is 14.0 Å². The Kier molecular flexibility index (Phi) is 6.45. The Bertz CT molecular complexity index is 1400. The van der Waals surface area contributed by atoms with Crippen molar-refractivity contribution in [3.63, 3.8) is 0 Å². The molecule has 4 aromatic rings. The Morgan fingerprint density at radius 3 is 2.44 bits per heavy atom. The summed E-state index contributed by atoms with van der Waals surface area (Å²) in [6.07, 6.45) is 5.58. The van der Waals surface area contributed by atoms with Crippen LogP contribution in [0.4, 0.5) is 4.39 Å². The number of esters is 1. The van der Waals surface area contributed by atoms with E-state index >= 15 is 0 Å². The lowest BCUT2D eigenvalue weighted by Gasteiger charge is -2.18. The Hall–Kier alpha value is -4.00. The second-order valence-electron chi connectivity index (χ2n) is 8.41. The van der Waals surface area contributed by atoms with Gasteiger partial charge in [0, 0.05) is 30.1 Å². The Morgan fingerprint density at radius 1 is 1.09 bits per heavy atom. The fraction of sp³-hybridized carbons (Fsp3) is 0.222. The topological polar surface area (TPSA) is 66.1 Å². The van der Waals surface area contributed by atoms with Crippen molar-refractivity contribution in [2.45, 2.75) is 33.2 Å². The molecule has 4 rings (SSSR count). The summed E-state index contributed by atoms with van der Waals surface area (Å²) in [5, 5.41) is 0. The van der Waals surface area contributed by atoms with Crippen LogP contribution in [-0.4, -0.2) is 27.2 Å². The number of hydrogen-bond acceptors (Lipinski definition) is 4. The van der Waals surface area contributed by atoms with Crippen molar-refractivity contribution in [3.8, 4) is 5.69 Å². The molecule has 0 aliphatic rings. The van der Waals surface area contributed by atoms with E-state index in [-0.39, 0.29) is 16.9 Å². The van der Waals surface area contributed by atoms with Crippen LogP contribution in [0.2, 0.25) is 0 Å². The Balaban J connectivity index is 1.73. The second-order valence-corrected chi connectivity index (χ2v) is 8.41. The van der Waals surface area contributed by atoms with E-state index in [1.807, 2.05) is 49.7 Å². The van der Waals surface area contributed by atoms with Crippen molar-refractivity contribution in [1.29, 1.82) is 0 Å². The number of methoxy groups -OCH3 is 1. The summed E-state index contributed by atoms with van der Waals surface area (Å²) in [5.74, 6) is -0.875. The highest BCUT2D eigenvalue weighted by molar-refractivity contribution is 5.89. The van der Waals surface area contributed by atoms with Crippen molar-refractivity contribution < 1.29 is 13.9 Å². The summed E-state index contributed by atoms with van der Waals surface area (Å²) in [7, 11) is 1.31. The van der Waals surface area contributed by atoms with Crippen LogP contribution < -0.4 is 5.56 Å². The molecule has 2 heterocycles. The molecular formula is C27H26FN3O3.